The number of likely N-dealkylation sites (tertiary alicyclic amines) is 1. The molecule has 32 heavy (non-hydrogen) atoms. The van der Waals surface area contributed by atoms with Crippen LogP contribution in [0.5, 0.6) is 5.75 Å². The van der Waals surface area contributed by atoms with Crippen LogP contribution in [-0.2, 0) is 26.3 Å². The molecule has 1 aromatic heterocycles. The molecule has 0 radical (unpaired) electrons. The summed E-state index contributed by atoms with van der Waals surface area (Å²) in [5, 5.41) is 2.08. The van der Waals surface area contributed by atoms with E-state index in [2.05, 4.69) is 22.4 Å². The number of carbonyl (C=O) groups excluding carboxylic acids is 3. The molecule has 8 heteroatoms. The van der Waals surface area contributed by atoms with Crippen LogP contribution in [0.4, 0.5) is 0 Å². The number of likely N-dealkylation sites (N-methyl/N-ethyl adjacent to an activating group) is 1. The fourth-order valence-electron chi connectivity index (χ4n) is 4.74. The Labute approximate surface area is 192 Å². The van der Waals surface area contributed by atoms with Gasteiger partial charge in [-0.25, -0.2) is 0 Å². The van der Waals surface area contributed by atoms with E-state index < -0.39 is 5.41 Å². The molecule has 0 aliphatic carbocycles. The number of hydrogen-bond donors (Lipinski definition) is 0. The van der Waals surface area contributed by atoms with Crippen molar-refractivity contribution in [2.24, 2.45) is 0 Å². The third-order valence-electron chi connectivity index (χ3n) is 6.52. The molecule has 2 fully saturated rings. The van der Waals surface area contributed by atoms with E-state index in [9.17, 15) is 14.4 Å². The van der Waals surface area contributed by atoms with Crippen molar-refractivity contribution in [2.45, 2.75) is 31.2 Å². The minimum absolute atomic E-state index is 0.0210. The number of amides is 3. The number of benzene rings is 1. The fraction of sp³-hybridized carbons (Fsp3) is 0.458. The van der Waals surface area contributed by atoms with Gasteiger partial charge in [-0.1, -0.05) is 24.3 Å². The van der Waals surface area contributed by atoms with Gasteiger partial charge in [0.1, 0.15) is 5.75 Å². The van der Waals surface area contributed by atoms with Crippen LogP contribution in [0, 0.1) is 0 Å². The number of hydrogen-bond acceptors (Lipinski definition) is 6. The van der Waals surface area contributed by atoms with Gasteiger partial charge in [-0.3, -0.25) is 24.2 Å². The van der Waals surface area contributed by atoms with Gasteiger partial charge >= 0.3 is 0 Å². The Bertz CT molecular complexity index is 993. The molecule has 1 atom stereocenters. The average molecular weight is 456 g/mol. The molecular formula is C24H29N3O4S. The van der Waals surface area contributed by atoms with Crippen LogP contribution in [0.1, 0.15) is 29.7 Å². The van der Waals surface area contributed by atoms with Gasteiger partial charge in [0.15, 0.2) is 0 Å². The lowest BCUT2D eigenvalue weighted by molar-refractivity contribution is -0.141. The lowest BCUT2D eigenvalue weighted by Crippen LogP contribution is -2.43. The standard InChI is InChI=1S/C24H29N3O4S/c1-25-21(28)15-24(23(25)30,19-8-3-4-9-20(19)31-2)16-22(29)27-11-6-10-26(12-13-27)17-18-7-5-14-32-18/h3-5,7-9,14H,6,10-13,15-17H2,1-2H3. The first-order valence-corrected chi connectivity index (χ1v) is 11.8. The van der Waals surface area contributed by atoms with Crippen LogP contribution in [0.25, 0.3) is 0 Å². The molecule has 2 aliphatic heterocycles. The van der Waals surface area contributed by atoms with Gasteiger partial charge in [0, 0.05) is 63.1 Å². The quantitative estimate of drug-likeness (QED) is 0.626. The van der Waals surface area contributed by atoms with Crippen LogP contribution >= 0.6 is 11.3 Å². The van der Waals surface area contributed by atoms with E-state index in [1.807, 2.05) is 17.0 Å². The number of ether oxygens (including phenoxy) is 1. The molecule has 2 aromatic rings. The van der Waals surface area contributed by atoms with E-state index in [1.54, 1.807) is 23.5 Å². The second-order valence-corrected chi connectivity index (χ2v) is 9.52. The zero-order valence-corrected chi connectivity index (χ0v) is 19.4. The van der Waals surface area contributed by atoms with Gasteiger partial charge < -0.3 is 9.64 Å². The van der Waals surface area contributed by atoms with Gasteiger partial charge in [0.2, 0.25) is 17.7 Å². The smallest absolute Gasteiger partial charge is 0.240 e. The summed E-state index contributed by atoms with van der Waals surface area (Å²) in [5.74, 6) is -0.179. The second-order valence-electron chi connectivity index (χ2n) is 8.48. The van der Waals surface area contributed by atoms with Crippen molar-refractivity contribution in [3.8, 4) is 5.75 Å². The Morgan fingerprint density at radius 3 is 2.59 bits per heavy atom. The Balaban J connectivity index is 1.53. The van der Waals surface area contributed by atoms with E-state index in [4.69, 9.17) is 4.74 Å². The summed E-state index contributed by atoms with van der Waals surface area (Å²) in [7, 11) is 3.02. The Morgan fingerprint density at radius 2 is 1.91 bits per heavy atom. The molecule has 170 valence electrons. The summed E-state index contributed by atoms with van der Waals surface area (Å²) in [5.41, 5.74) is -0.619. The Hall–Kier alpha value is -2.71. The maximum Gasteiger partial charge on any atom is 0.240 e. The number of imide groups is 1. The topological polar surface area (TPSA) is 70.2 Å². The number of nitrogens with zero attached hydrogens (tertiary/aromatic N) is 3. The van der Waals surface area contributed by atoms with Crippen LogP contribution < -0.4 is 4.74 Å². The molecule has 2 saturated heterocycles. The van der Waals surface area contributed by atoms with Crippen molar-refractivity contribution < 1.29 is 19.1 Å². The van der Waals surface area contributed by atoms with Crippen molar-refractivity contribution >= 4 is 29.1 Å². The Kier molecular flexibility index (Phi) is 6.62. The molecule has 0 saturated carbocycles. The zero-order valence-electron chi connectivity index (χ0n) is 18.6. The van der Waals surface area contributed by atoms with E-state index in [-0.39, 0.29) is 30.6 Å². The average Bonchev–Trinajstić information content (AvgIpc) is 3.29. The number of thiophene rings is 1. The molecule has 0 bridgehead atoms. The van der Waals surface area contributed by atoms with E-state index in [0.29, 0.717) is 24.4 Å². The number of carbonyl (C=O) groups is 3. The van der Waals surface area contributed by atoms with E-state index in [1.165, 1.54) is 19.0 Å². The molecule has 0 spiro atoms. The predicted octanol–water partition coefficient (Wildman–Crippen LogP) is 2.51. The molecule has 0 N–H and O–H groups in total. The normalized spacial score (nSPS) is 22.3. The molecule has 3 heterocycles. The van der Waals surface area contributed by atoms with Crippen LogP contribution in [0.15, 0.2) is 41.8 Å². The van der Waals surface area contributed by atoms with Crippen molar-refractivity contribution in [2.75, 3.05) is 40.3 Å². The van der Waals surface area contributed by atoms with Gasteiger partial charge in [0.05, 0.1) is 12.5 Å². The first-order valence-electron chi connectivity index (χ1n) is 10.9. The van der Waals surface area contributed by atoms with E-state index >= 15 is 0 Å². The SMILES string of the molecule is COc1ccccc1C1(CC(=O)N2CCCN(Cc3cccs3)CC2)CC(=O)N(C)C1=O. The summed E-state index contributed by atoms with van der Waals surface area (Å²) in [6.45, 7) is 3.88. The molecule has 2 aliphatic rings. The van der Waals surface area contributed by atoms with Gasteiger partial charge in [-0.05, 0) is 23.9 Å². The highest BCUT2D eigenvalue weighted by Crippen LogP contribution is 2.43. The van der Waals surface area contributed by atoms with Crippen LogP contribution in [0.2, 0.25) is 0 Å². The molecule has 1 aromatic carbocycles. The van der Waals surface area contributed by atoms with Crippen molar-refractivity contribution in [3.05, 3.63) is 52.2 Å². The molecule has 7 nitrogen and oxygen atoms in total. The lowest BCUT2D eigenvalue weighted by Gasteiger charge is -2.30. The molecule has 1 unspecified atom stereocenters. The summed E-state index contributed by atoms with van der Waals surface area (Å²) < 4.78 is 5.50. The number of para-hydroxylation sites is 1. The van der Waals surface area contributed by atoms with Gasteiger partial charge in [-0.15, -0.1) is 11.3 Å². The Morgan fingerprint density at radius 1 is 1.09 bits per heavy atom. The molecule has 3 amide bonds. The fourth-order valence-corrected chi connectivity index (χ4v) is 5.49. The summed E-state index contributed by atoms with van der Waals surface area (Å²) >= 11 is 1.74. The number of rotatable bonds is 6. The zero-order chi connectivity index (χ0) is 22.7. The first kappa shape index (κ1) is 22.5. The molecule has 4 rings (SSSR count). The number of methoxy groups -OCH3 is 1. The van der Waals surface area contributed by atoms with Crippen LogP contribution in [-0.4, -0.2) is 72.8 Å². The van der Waals surface area contributed by atoms with Crippen molar-refractivity contribution in [1.29, 1.82) is 0 Å². The maximum atomic E-state index is 13.5. The first-order chi connectivity index (χ1) is 15.4. The third kappa shape index (κ3) is 4.29. The van der Waals surface area contributed by atoms with Crippen LogP contribution in [0.3, 0.4) is 0 Å². The maximum absolute atomic E-state index is 13.5. The highest BCUT2D eigenvalue weighted by Gasteiger charge is 2.54. The minimum Gasteiger partial charge on any atom is -0.496 e. The predicted molar refractivity (Wildman–Crippen MR) is 122 cm³/mol. The third-order valence-corrected chi connectivity index (χ3v) is 7.38. The highest BCUT2D eigenvalue weighted by atomic mass is 32.1. The van der Waals surface area contributed by atoms with Gasteiger partial charge in [-0.2, -0.15) is 0 Å². The lowest BCUT2D eigenvalue weighted by atomic mass is 9.75. The summed E-state index contributed by atoms with van der Waals surface area (Å²) in [6.07, 6.45) is 0.825. The molecular weight excluding hydrogens is 426 g/mol. The largest absolute Gasteiger partial charge is 0.496 e. The van der Waals surface area contributed by atoms with E-state index in [0.717, 1.165) is 31.0 Å². The van der Waals surface area contributed by atoms with Gasteiger partial charge in [0.25, 0.3) is 0 Å². The van der Waals surface area contributed by atoms with Crippen molar-refractivity contribution in [1.82, 2.24) is 14.7 Å². The summed E-state index contributed by atoms with van der Waals surface area (Å²) in [4.78, 5) is 45.9. The summed E-state index contributed by atoms with van der Waals surface area (Å²) in [6, 6.07) is 11.4. The van der Waals surface area contributed by atoms with Crippen molar-refractivity contribution in [3.63, 3.8) is 0 Å². The minimum atomic E-state index is -1.22. The highest BCUT2D eigenvalue weighted by molar-refractivity contribution is 7.09. The second kappa shape index (κ2) is 9.42. The monoisotopic (exact) mass is 455 g/mol.